The van der Waals surface area contributed by atoms with Gasteiger partial charge in [0.1, 0.15) is 0 Å². The molecule has 0 aromatic carbocycles. The highest BCUT2D eigenvalue weighted by Gasteiger charge is 2.43. The molecular formula is C20H30N2OS2. The molecule has 3 nitrogen and oxygen atoms in total. The van der Waals surface area contributed by atoms with E-state index >= 15 is 0 Å². The Morgan fingerprint density at radius 3 is 2.68 bits per heavy atom. The lowest BCUT2D eigenvalue weighted by molar-refractivity contribution is -0.126. The fourth-order valence-corrected chi connectivity index (χ4v) is 7.09. The molecule has 3 heterocycles. The van der Waals surface area contributed by atoms with Crippen molar-refractivity contribution in [2.45, 2.75) is 56.4 Å². The second-order valence-corrected chi connectivity index (χ2v) is 10.1. The molecule has 0 unspecified atom stereocenters. The van der Waals surface area contributed by atoms with Gasteiger partial charge in [-0.25, -0.2) is 0 Å². The van der Waals surface area contributed by atoms with E-state index in [1.807, 2.05) is 0 Å². The molecule has 138 valence electrons. The van der Waals surface area contributed by atoms with Gasteiger partial charge in [0.2, 0.25) is 5.91 Å². The highest BCUT2D eigenvalue weighted by molar-refractivity contribution is 7.99. The SMILES string of the molecule is O=C(NCC1CCN([C@H]2CCSC2)CC1)C1(c2cccs2)CCCC1. The molecule has 1 aromatic heterocycles. The molecule has 4 rings (SSSR count). The van der Waals surface area contributed by atoms with Gasteiger partial charge in [0.05, 0.1) is 5.41 Å². The van der Waals surface area contributed by atoms with Gasteiger partial charge in [-0.3, -0.25) is 9.69 Å². The smallest absolute Gasteiger partial charge is 0.231 e. The summed E-state index contributed by atoms with van der Waals surface area (Å²) in [4.78, 5) is 17.0. The first kappa shape index (κ1) is 17.9. The Bertz CT molecular complexity index is 554. The van der Waals surface area contributed by atoms with Crippen molar-refractivity contribution in [2.24, 2.45) is 5.92 Å². The van der Waals surface area contributed by atoms with Crippen LogP contribution in [-0.4, -0.2) is 48.0 Å². The molecule has 1 saturated carbocycles. The van der Waals surface area contributed by atoms with E-state index in [1.54, 1.807) is 11.3 Å². The van der Waals surface area contributed by atoms with Crippen molar-refractivity contribution in [1.82, 2.24) is 10.2 Å². The molecule has 2 aliphatic heterocycles. The molecule has 3 fully saturated rings. The van der Waals surface area contributed by atoms with Gasteiger partial charge in [-0.1, -0.05) is 18.9 Å². The molecule has 0 bridgehead atoms. The third kappa shape index (κ3) is 3.79. The van der Waals surface area contributed by atoms with Crippen LogP contribution in [0.2, 0.25) is 0 Å². The van der Waals surface area contributed by atoms with E-state index in [9.17, 15) is 4.79 Å². The number of carbonyl (C=O) groups is 1. The number of carbonyl (C=O) groups excluding carboxylic acids is 1. The summed E-state index contributed by atoms with van der Waals surface area (Å²) >= 11 is 3.86. The van der Waals surface area contributed by atoms with Crippen LogP contribution in [-0.2, 0) is 10.2 Å². The molecule has 5 heteroatoms. The van der Waals surface area contributed by atoms with Gasteiger partial charge in [-0.15, -0.1) is 11.3 Å². The lowest BCUT2D eigenvalue weighted by Crippen LogP contribution is -2.47. The van der Waals surface area contributed by atoms with Crippen molar-refractivity contribution in [3.63, 3.8) is 0 Å². The summed E-state index contributed by atoms with van der Waals surface area (Å²) in [5.74, 6) is 3.62. The fourth-order valence-electron chi connectivity index (χ4n) is 4.85. The summed E-state index contributed by atoms with van der Waals surface area (Å²) in [6.45, 7) is 3.32. The molecule has 1 N–H and O–H groups in total. The van der Waals surface area contributed by atoms with Crippen LogP contribution in [0.1, 0.15) is 49.8 Å². The topological polar surface area (TPSA) is 32.3 Å². The predicted molar refractivity (Wildman–Crippen MR) is 108 cm³/mol. The van der Waals surface area contributed by atoms with Crippen LogP contribution in [0.25, 0.3) is 0 Å². The fraction of sp³-hybridized carbons (Fsp3) is 0.750. The average molecular weight is 379 g/mol. The molecule has 1 atom stereocenters. The maximum atomic E-state index is 13.1. The highest BCUT2D eigenvalue weighted by atomic mass is 32.2. The normalized spacial score (nSPS) is 27.6. The van der Waals surface area contributed by atoms with Gasteiger partial charge in [0, 0.05) is 23.2 Å². The first-order valence-electron chi connectivity index (χ1n) is 9.92. The number of rotatable bonds is 5. The average Bonchev–Trinajstić information content (AvgIpc) is 3.42. The monoisotopic (exact) mass is 378 g/mol. The van der Waals surface area contributed by atoms with Crippen LogP contribution in [0.3, 0.4) is 0 Å². The quantitative estimate of drug-likeness (QED) is 0.843. The summed E-state index contributed by atoms with van der Waals surface area (Å²) in [6.07, 6.45) is 8.27. The number of nitrogens with one attached hydrogen (secondary N) is 1. The zero-order chi connectivity index (χ0) is 17.1. The van der Waals surface area contributed by atoms with Crippen molar-refractivity contribution >= 4 is 29.0 Å². The number of amides is 1. The van der Waals surface area contributed by atoms with Gasteiger partial charge < -0.3 is 5.32 Å². The highest BCUT2D eigenvalue weighted by Crippen LogP contribution is 2.43. The van der Waals surface area contributed by atoms with Gasteiger partial charge >= 0.3 is 0 Å². The van der Waals surface area contributed by atoms with Gasteiger partial charge in [-0.2, -0.15) is 11.8 Å². The van der Waals surface area contributed by atoms with E-state index in [2.05, 4.69) is 39.5 Å². The summed E-state index contributed by atoms with van der Waals surface area (Å²) in [7, 11) is 0. The van der Waals surface area contributed by atoms with Crippen molar-refractivity contribution in [1.29, 1.82) is 0 Å². The van der Waals surface area contributed by atoms with Crippen LogP contribution < -0.4 is 5.32 Å². The van der Waals surface area contributed by atoms with Gasteiger partial charge in [0.25, 0.3) is 0 Å². The molecule has 1 aliphatic carbocycles. The molecule has 3 aliphatic rings. The number of hydrogen-bond acceptors (Lipinski definition) is 4. The van der Waals surface area contributed by atoms with E-state index in [1.165, 1.54) is 61.6 Å². The zero-order valence-electron chi connectivity index (χ0n) is 15.0. The van der Waals surface area contributed by atoms with Crippen molar-refractivity contribution in [3.05, 3.63) is 22.4 Å². The van der Waals surface area contributed by atoms with Crippen molar-refractivity contribution < 1.29 is 4.79 Å². The summed E-state index contributed by atoms with van der Waals surface area (Å²) in [5.41, 5.74) is -0.226. The number of nitrogens with zero attached hydrogens (tertiary/aromatic N) is 1. The first-order chi connectivity index (χ1) is 12.3. The van der Waals surface area contributed by atoms with Crippen molar-refractivity contribution in [3.8, 4) is 0 Å². The third-order valence-electron chi connectivity index (χ3n) is 6.51. The molecule has 0 radical (unpaired) electrons. The molecule has 25 heavy (non-hydrogen) atoms. The molecule has 1 amide bonds. The van der Waals surface area contributed by atoms with Crippen LogP contribution in [0, 0.1) is 5.92 Å². The number of likely N-dealkylation sites (tertiary alicyclic amines) is 1. The van der Waals surface area contributed by atoms with Crippen LogP contribution in [0.4, 0.5) is 0 Å². The lowest BCUT2D eigenvalue weighted by atomic mass is 9.83. The lowest BCUT2D eigenvalue weighted by Gasteiger charge is -2.36. The van der Waals surface area contributed by atoms with Crippen LogP contribution in [0.15, 0.2) is 17.5 Å². The van der Waals surface area contributed by atoms with E-state index in [4.69, 9.17) is 0 Å². The zero-order valence-corrected chi connectivity index (χ0v) is 16.7. The Hall–Kier alpha value is -0.520. The first-order valence-corrected chi connectivity index (χ1v) is 12.0. The maximum absolute atomic E-state index is 13.1. The van der Waals surface area contributed by atoms with E-state index in [0.29, 0.717) is 11.8 Å². The minimum atomic E-state index is -0.226. The van der Waals surface area contributed by atoms with Crippen molar-refractivity contribution in [2.75, 3.05) is 31.1 Å². The van der Waals surface area contributed by atoms with Crippen LogP contribution in [0.5, 0.6) is 0 Å². The van der Waals surface area contributed by atoms with Crippen LogP contribution >= 0.6 is 23.1 Å². The Labute approximate surface area is 159 Å². The van der Waals surface area contributed by atoms with Gasteiger partial charge in [0.15, 0.2) is 0 Å². The summed E-state index contributed by atoms with van der Waals surface area (Å²) in [5, 5.41) is 5.46. The number of hydrogen-bond donors (Lipinski definition) is 1. The Morgan fingerprint density at radius 1 is 1.24 bits per heavy atom. The Morgan fingerprint density at radius 2 is 2.04 bits per heavy atom. The predicted octanol–water partition coefficient (Wildman–Crippen LogP) is 3.89. The largest absolute Gasteiger partial charge is 0.355 e. The Kier molecular flexibility index (Phi) is 5.73. The second kappa shape index (κ2) is 8.01. The molecular weight excluding hydrogens is 348 g/mol. The standard InChI is InChI=1S/C20H30N2OS2/c23-19(20(8-1-2-9-20)18-4-3-12-25-18)21-14-16-5-10-22(11-6-16)17-7-13-24-15-17/h3-4,12,16-17H,1-2,5-11,13-15H2,(H,21,23)/t17-/m0/s1. The van der Waals surface area contributed by atoms with E-state index in [0.717, 1.165) is 25.4 Å². The van der Waals surface area contributed by atoms with Gasteiger partial charge in [-0.05, 0) is 68.3 Å². The molecule has 1 aromatic rings. The van der Waals surface area contributed by atoms with E-state index in [-0.39, 0.29) is 5.41 Å². The maximum Gasteiger partial charge on any atom is 0.231 e. The summed E-state index contributed by atoms with van der Waals surface area (Å²) < 4.78 is 0. The van der Waals surface area contributed by atoms with E-state index < -0.39 is 0 Å². The Balaban J connectivity index is 1.29. The minimum Gasteiger partial charge on any atom is -0.355 e. The summed E-state index contributed by atoms with van der Waals surface area (Å²) in [6, 6.07) is 5.07. The molecule has 2 saturated heterocycles. The molecule has 0 spiro atoms. The number of piperidine rings is 1. The minimum absolute atomic E-state index is 0.226. The number of thiophene rings is 1. The third-order valence-corrected chi connectivity index (χ3v) is 8.73. The second-order valence-electron chi connectivity index (χ2n) is 7.97. The number of thioether (sulfide) groups is 1.